The van der Waals surface area contributed by atoms with Crippen molar-refractivity contribution in [1.82, 2.24) is 0 Å². The number of carbonyl (C=O) groups excluding carboxylic acids is 1. The van der Waals surface area contributed by atoms with Crippen LogP contribution in [0.3, 0.4) is 0 Å². The summed E-state index contributed by atoms with van der Waals surface area (Å²) in [6.45, 7) is 1.96. The maximum absolute atomic E-state index is 8.72. The Morgan fingerprint density at radius 3 is 1.94 bits per heavy atom. The topological polar surface area (TPSA) is 44.8 Å². The summed E-state index contributed by atoms with van der Waals surface area (Å²) in [6.07, 6.45) is 0. The minimum absolute atomic E-state index is 0.556. The molecule has 0 aliphatic heterocycles. The highest BCUT2D eigenvalue weighted by molar-refractivity contribution is 6.48. The molecule has 0 saturated heterocycles. The Hall–Kier alpha value is -1.49. The quantitative estimate of drug-likeness (QED) is 0.590. The first-order valence-corrected chi connectivity index (χ1v) is 5.10. The lowest BCUT2D eigenvalue weighted by Gasteiger charge is -2.13. The van der Waals surface area contributed by atoms with Crippen molar-refractivity contribution in [2.24, 2.45) is 0 Å². The molecule has 1 aromatic rings. The predicted molar refractivity (Wildman–Crippen MR) is 63.3 cm³/mol. The Morgan fingerprint density at radius 1 is 1.06 bits per heavy atom. The lowest BCUT2D eigenvalue weighted by Crippen LogP contribution is -1.96. The normalized spacial score (nSPS) is 8.56. The highest BCUT2D eigenvalue weighted by atomic mass is 28.1. The van der Waals surface area contributed by atoms with E-state index in [9.17, 15) is 0 Å². The van der Waals surface area contributed by atoms with Crippen LogP contribution in [0.2, 0.25) is 0 Å². The van der Waals surface area contributed by atoms with Crippen LogP contribution in [-0.4, -0.2) is 37.5 Å². The molecule has 0 aliphatic carbocycles. The van der Waals surface area contributed by atoms with E-state index in [1.807, 2.05) is 19.1 Å². The van der Waals surface area contributed by atoms with E-state index >= 15 is 0 Å². The Labute approximate surface area is 98.9 Å². The molecule has 1 aromatic carbocycles. The van der Waals surface area contributed by atoms with E-state index in [2.05, 4.69) is 10.2 Å². The van der Waals surface area contributed by atoms with Crippen molar-refractivity contribution in [1.29, 1.82) is 0 Å². The number of aryl methyl sites for hydroxylation is 1. The summed E-state index contributed by atoms with van der Waals surface area (Å²) in [6, 6.07) is 3.79. The van der Waals surface area contributed by atoms with Crippen molar-refractivity contribution >= 4 is 16.2 Å². The fourth-order valence-electron chi connectivity index (χ4n) is 1.25. The van der Waals surface area contributed by atoms with E-state index in [-0.39, 0.29) is 0 Å². The first kappa shape index (κ1) is 14.5. The van der Waals surface area contributed by atoms with E-state index in [4.69, 9.17) is 19.0 Å². The zero-order valence-electron chi connectivity index (χ0n) is 9.87. The number of ether oxygens (including phenoxy) is 3. The second-order valence-corrected chi connectivity index (χ2v) is 3.00. The van der Waals surface area contributed by atoms with Crippen LogP contribution in [-0.2, 0) is 4.79 Å². The second-order valence-electron chi connectivity index (χ2n) is 2.77. The molecule has 0 bridgehead atoms. The van der Waals surface area contributed by atoms with Crippen LogP contribution in [0.25, 0.3) is 0 Å². The minimum Gasteiger partial charge on any atom is -0.493 e. The van der Waals surface area contributed by atoms with Crippen molar-refractivity contribution in [3.8, 4) is 17.2 Å². The number of hydrogen-bond acceptors (Lipinski definition) is 4. The number of hydrogen-bond donors (Lipinski definition) is 0. The fraction of sp³-hybridized carbons (Fsp3) is 0.364. The van der Waals surface area contributed by atoms with Crippen molar-refractivity contribution < 1.29 is 19.0 Å². The van der Waals surface area contributed by atoms with E-state index in [0.717, 1.165) is 11.3 Å². The van der Waals surface area contributed by atoms with Crippen LogP contribution in [0, 0.1) is 6.92 Å². The van der Waals surface area contributed by atoms with E-state index in [0.29, 0.717) is 17.4 Å². The van der Waals surface area contributed by atoms with Gasteiger partial charge in [-0.1, -0.05) is 6.07 Å². The van der Waals surface area contributed by atoms with Gasteiger partial charge in [0.2, 0.25) is 5.75 Å². The molecular formula is C11H15O4Si. The average Bonchev–Trinajstić information content (AvgIpc) is 2.29. The van der Waals surface area contributed by atoms with Gasteiger partial charge in [-0.05, 0) is 18.6 Å². The first-order valence-electron chi connectivity index (χ1n) is 4.52. The largest absolute Gasteiger partial charge is 0.493 e. The van der Waals surface area contributed by atoms with Gasteiger partial charge in [0, 0.05) is 0 Å². The van der Waals surface area contributed by atoms with Crippen molar-refractivity contribution in [2.45, 2.75) is 6.92 Å². The van der Waals surface area contributed by atoms with Crippen LogP contribution in [0.5, 0.6) is 17.2 Å². The molecule has 0 fully saturated rings. The Balaban J connectivity index is 0.000000673. The Kier molecular flexibility index (Phi) is 7.03. The second kappa shape index (κ2) is 7.75. The zero-order chi connectivity index (χ0) is 12.6. The summed E-state index contributed by atoms with van der Waals surface area (Å²) in [5, 5.41) is 0. The molecule has 87 valence electrons. The van der Waals surface area contributed by atoms with Gasteiger partial charge in [0.1, 0.15) is 10.2 Å². The third-order valence-corrected chi connectivity index (χ3v) is 1.90. The number of rotatable bonds is 3. The third kappa shape index (κ3) is 3.58. The summed E-state index contributed by atoms with van der Waals surface area (Å²) < 4.78 is 15.5. The molecule has 5 heteroatoms. The fourth-order valence-corrected chi connectivity index (χ4v) is 1.25. The average molecular weight is 239 g/mol. The maximum atomic E-state index is 8.72. The lowest BCUT2D eigenvalue weighted by molar-refractivity contribution is 0.323. The Morgan fingerprint density at radius 2 is 1.56 bits per heavy atom. The van der Waals surface area contributed by atoms with Gasteiger partial charge in [-0.3, -0.25) is 0 Å². The van der Waals surface area contributed by atoms with Crippen LogP contribution >= 0.6 is 0 Å². The Bertz CT molecular complexity index is 339. The molecule has 3 radical (unpaired) electrons. The highest BCUT2D eigenvalue weighted by Gasteiger charge is 2.12. The summed E-state index contributed by atoms with van der Waals surface area (Å²) in [4.78, 5) is 8.72. The van der Waals surface area contributed by atoms with Gasteiger partial charge in [-0.25, -0.2) is 0 Å². The number of methoxy groups -OCH3 is 3. The number of carbonyl (C=O) groups is 1. The van der Waals surface area contributed by atoms with E-state index in [1.165, 1.54) is 0 Å². The van der Waals surface area contributed by atoms with E-state index in [1.54, 1.807) is 21.3 Å². The highest BCUT2D eigenvalue weighted by Crippen LogP contribution is 2.38. The monoisotopic (exact) mass is 239 g/mol. The first-order chi connectivity index (χ1) is 7.65. The van der Waals surface area contributed by atoms with Gasteiger partial charge in [-0.2, -0.15) is 0 Å². The molecule has 16 heavy (non-hydrogen) atoms. The molecule has 0 spiro atoms. The van der Waals surface area contributed by atoms with Gasteiger partial charge < -0.3 is 19.0 Å². The van der Waals surface area contributed by atoms with Gasteiger partial charge in [0.25, 0.3) is 0 Å². The third-order valence-electron chi connectivity index (χ3n) is 1.90. The van der Waals surface area contributed by atoms with Gasteiger partial charge in [0.15, 0.2) is 11.5 Å². The molecule has 0 N–H and O–H groups in total. The van der Waals surface area contributed by atoms with Gasteiger partial charge in [-0.15, -0.1) is 0 Å². The summed E-state index contributed by atoms with van der Waals surface area (Å²) in [7, 11) is 7.32. The number of benzene rings is 1. The molecule has 4 nitrogen and oxygen atoms in total. The van der Waals surface area contributed by atoms with Crippen LogP contribution in [0.1, 0.15) is 5.56 Å². The van der Waals surface area contributed by atoms with Crippen LogP contribution < -0.4 is 14.2 Å². The summed E-state index contributed by atoms with van der Waals surface area (Å²) in [5.41, 5.74) is 1.03. The standard InChI is InChI=1S/C10H14O3.CHOSi/c1-7-5-6-8(11-2)10(13-4)9(7)12-3;2-1-3/h5-6H,1-4H3;1H. The summed E-state index contributed by atoms with van der Waals surface area (Å²) in [5.74, 6) is 2.61. The molecule has 0 atom stereocenters. The molecule has 1 rings (SSSR count). The molecular weight excluding hydrogens is 224 g/mol. The van der Waals surface area contributed by atoms with Crippen LogP contribution in [0.4, 0.5) is 0 Å². The molecule has 0 saturated carbocycles. The molecule has 0 aliphatic rings. The maximum Gasteiger partial charge on any atom is 0.203 e. The minimum atomic E-state index is 0.556. The van der Waals surface area contributed by atoms with Crippen LogP contribution in [0.15, 0.2) is 12.1 Å². The summed E-state index contributed by atoms with van der Waals surface area (Å²) >= 11 is 0. The molecule has 0 amide bonds. The van der Waals surface area contributed by atoms with Gasteiger partial charge >= 0.3 is 0 Å². The predicted octanol–water partition coefficient (Wildman–Crippen LogP) is 1.37. The molecule has 0 aromatic heterocycles. The zero-order valence-corrected chi connectivity index (χ0v) is 10.9. The lowest BCUT2D eigenvalue weighted by atomic mass is 10.2. The SMILES string of the molecule is COc1ccc(C)c(OC)c1OC.O=C[Si]. The van der Waals surface area contributed by atoms with Gasteiger partial charge in [0.05, 0.1) is 27.2 Å². The smallest absolute Gasteiger partial charge is 0.203 e. The van der Waals surface area contributed by atoms with Crippen molar-refractivity contribution in [2.75, 3.05) is 21.3 Å². The van der Waals surface area contributed by atoms with Crippen molar-refractivity contribution in [3.05, 3.63) is 17.7 Å². The molecule has 0 heterocycles. The van der Waals surface area contributed by atoms with Crippen molar-refractivity contribution in [3.63, 3.8) is 0 Å². The molecule has 0 unspecified atom stereocenters. The van der Waals surface area contributed by atoms with E-state index < -0.39 is 0 Å².